The highest BCUT2D eigenvalue weighted by Gasteiger charge is 2.20. The van der Waals surface area contributed by atoms with Crippen molar-refractivity contribution >= 4 is 22.6 Å². The molecule has 1 aliphatic heterocycles. The largest absolute Gasteiger partial charge is 0.493 e. The van der Waals surface area contributed by atoms with Gasteiger partial charge in [-0.25, -0.2) is 4.98 Å². The minimum atomic E-state index is 0.0817. The number of rotatable bonds is 6. The van der Waals surface area contributed by atoms with E-state index in [-0.39, 0.29) is 5.41 Å². The summed E-state index contributed by atoms with van der Waals surface area (Å²) in [4.78, 5) is 13.2. The van der Waals surface area contributed by atoms with Crippen LogP contribution in [0.25, 0.3) is 22.4 Å². The zero-order valence-electron chi connectivity index (χ0n) is 20.0. The number of hydrogen-bond acceptors (Lipinski definition) is 4. The number of hydrogen-bond donors (Lipinski definition) is 1. The van der Waals surface area contributed by atoms with E-state index in [1.807, 2.05) is 18.2 Å². The van der Waals surface area contributed by atoms with Gasteiger partial charge < -0.3 is 19.5 Å². The molecule has 3 aromatic rings. The third-order valence-corrected chi connectivity index (χ3v) is 6.71. The Morgan fingerprint density at radius 3 is 2.53 bits per heavy atom. The molecule has 32 heavy (non-hydrogen) atoms. The fraction of sp³-hybridized carbons (Fsp3) is 0.500. The Hall–Kier alpha value is -2.08. The number of imidazole rings is 1. The molecule has 0 atom stereocenters. The van der Waals surface area contributed by atoms with Gasteiger partial charge in [-0.1, -0.05) is 38.4 Å². The van der Waals surface area contributed by atoms with Crippen molar-refractivity contribution in [1.29, 1.82) is 0 Å². The fourth-order valence-electron chi connectivity index (χ4n) is 4.48. The summed E-state index contributed by atoms with van der Waals surface area (Å²) in [7, 11) is 2.18. The zero-order valence-corrected chi connectivity index (χ0v) is 20.7. The number of H-pyrrole nitrogens is 1. The molecule has 0 bridgehead atoms. The Balaban J connectivity index is 1.42. The lowest BCUT2D eigenvalue weighted by molar-refractivity contribution is 0.145. The van der Waals surface area contributed by atoms with Crippen LogP contribution in [-0.4, -0.2) is 66.1 Å². The Morgan fingerprint density at radius 1 is 1.09 bits per heavy atom. The number of aryl methyl sites for hydroxylation is 1. The maximum Gasteiger partial charge on any atom is 0.140 e. The fourth-order valence-corrected chi connectivity index (χ4v) is 4.74. The highest BCUT2D eigenvalue weighted by Crippen LogP contribution is 2.34. The summed E-state index contributed by atoms with van der Waals surface area (Å²) in [6, 6.07) is 10.2. The van der Waals surface area contributed by atoms with Crippen LogP contribution < -0.4 is 4.74 Å². The lowest BCUT2D eigenvalue weighted by Gasteiger charge is -2.32. The summed E-state index contributed by atoms with van der Waals surface area (Å²) in [5.41, 5.74) is 5.55. The minimum Gasteiger partial charge on any atom is -0.493 e. The van der Waals surface area contributed by atoms with E-state index in [1.54, 1.807) is 0 Å². The number of aromatic nitrogens is 2. The summed E-state index contributed by atoms with van der Waals surface area (Å²) < 4.78 is 5.97. The van der Waals surface area contributed by atoms with E-state index in [0.717, 1.165) is 67.3 Å². The van der Waals surface area contributed by atoms with Gasteiger partial charge in [0.1, 0.15) is 11.6 Å². The van der Waals surface area contributed by atoms with E-state index in [9.17, 15) is 0 Å². The first-order valence-corrected chi connectivity index (χ1v) is 11.9. The molecule has 0 radical (unpaired) electrons. The van der Waals surface area contributed by atoms with Crippen molar-refractivity contribution in [2.45, 2.75) is 39.5 Å². The first-order valence-electron chi connectivity index (χ1n) is 11.6. The maximum absolute atomic E-state index is 6.63. The van der Waals surface area contributed by atoms with Gasteiger partial charge in [-0.15, -0.1) is 0 Å². The normalized spacial score (nSPS) is 16.1. The standard InChI is InChI=1S/C26H35ClN4O/c1-18-21(26(2,3)4)9-10-23-24(18)29-25(28-23)20-8-7-19(17-22(20)27)32-16-6-11-31-14-12-30(5)13-15-31/h7-10,17H,6,11-16H2,1-5H3,(H,28,29). The molecule has 1 N–H and O–H groups in total. The van der Waals surface area contributed by atoms with E-state index < -0.39 is 0 Å². The molecule has 0 aliphatic carbocycles. The molecule has 1 fully saturated rings. The minimum absolute atomic E-state index is 0.0817. The highest BCUT2D eigenvalue weighted by atomic mass is 35.5. The molecule has 0 spiro atoms. The molecule has 1 saturated heterocycles. The first-order chi connectivity index (χ1) is 15.2. The zero-order chi connectivity index (χ0) is 22.9. The number of benzene rings is 2. The molecule has 6 heteroatoms. The van der Waals surface area contributed by atoms with Crippen molar-refractivity contribution in [3.8, 4) is 17.1 Å². The van der Waals surface area contributed by atoms with Gasteiger partial charge in [0.05, 0.1) is 22.7 Å². The molecular weight excluding hydrogens is 420 g/mol. The summed E-state index contributed by atoms with van der Waals surface area (Å²) in [5, 5.41) is 0.648. The summed E-state index contributed by atoms with van der Waals surface area (Å²) in [5.74, 6) is 1.60. The molecule has 4 rings (SSSR count). The van der Waals surface area contributed by atoms with Crippen molar-refractivity contribution < 1.29 is 4.74 Å². The molecule has 1 aliphatic rings. The molecule has 2 heterocycles. The number of aromatic amines is 1. The molecule has 1 aromatic heterocycles. The van der Waals surface area contributed by atoms with Gasteiger partial charge in [-0.3, -0.25) is 0 Å². The van der Waals surface area contributed by atoms with Crippen LogP contribution in [0.4, 0.5) is 0 Å². The second-order valence-electron chi connectivity index (χ2n) is 9.96. The van der Waals surface area contributed by atoms with Gasteiger partial charge in [0.25, 0.3) is 0 Å². The quantitative estimate of drug-likeness (QED) is 0.499. The van der Waals surface area contributed by atoms with Crippen LogP contribution in [0.3, 0.4) is 0 Å². The first kappa shape index (κ1) is 23.1. The molecule has 5 nitrogen and oxygen atoms in total. The van der Waals surface area contributed by atoms with E-state index in [2.05, 4.69) is 61.7 Å². The monoisotopic (exact) mass is 454 g/mol. The van der Waals surface area contributed by atoms with E-state index in [4.69, 9.17) is 21.3 Å². The van der Waals surface area contributed by atoms with Crippen molar-refractivity contribution in [1.82, 2.24) is 19.8 Å². The van der Waals surface area contributed by atoms with Gasteiger partial charge in [-0.2, -0.15) is 0 Å². The maximum atomic E-state index is 6.63. The van der Waals surface area contributed by atoms with Gasteiger partial charge in [0.2, 0.25) is 0 Å². The third-order valence-electron chi connectivity index (χ3n) is 6.39. The number of nitrogens with one attached hydrogen (secondary N) is 1. The number of nitrogens with zero attached hydrogens (tertiary/aromatic N) is 3. The summed E-state index contributed by atoms with van der Waals surface area (Å²) in [6.45, 7) is 15.2. The number of halogens is 1. The number of fused-ring (bicyclic) bond motifs is 1. The molecular formula is C26H35ClN4O. The number of ether oxygens (including phenoxy) is 1. The second kappa shape index (κ2) is 9.42. The van der Waals surface area contributed by atoms with Gasteiger partial charge >= 0.3 is 0 Å². The van der Waals surface area contributed by atoms with Gasteiger partial charge in [-0.05, 0) is 61.2 Å². The van der Waals surface area contributed by atoms with Crippen LogP contribution in [0.1, 0.15) is 38.3 Å². The van der Waals surface area contributed by atoms with E-state index >= 15 is 0 Å². The lowest BCUT2D eigenvalue weighted by atomic mass is 9.84. The van der Waals surface area contributed by atoms with Crippen molar-refractivity contribution in [2.24, 2.45) is 0 Å². The predicted molar refractivity (Wildman–Crippen MR) is 134 cm³/mol. The molecule has 0 amide bonds. The molecule has 2 aromatic carbocycles. The van der Waals surface area contributed by atoms with E-state index in [1.165, 1.54) is 11.1 Å². The molecule has 0 saturated carbocycles. The van der Waals surface area contributed by atoms with Crippen LogP contribution in [-0.2, 0) is 5.41 Å². The van der Waals surface area contributed by atoms with Crippen LogP contribution in [0, 0.1) is 6.92 Å². The molecule has 172 valence electrons. The van der Waals surface area contributed by atoms with Gasteiger partial charge in [0, 0.05) is 38.3 Å². The lowest BCUT2D eigenvalue weighted by Crippen LogP contribution is -2.44. The second-order valence-corrected chi connectivity index (χ2v) is 10.4. The highest BCUT2D eigenvalue weighted by molar-refractivity contribution is 6.33. The Labute approximate surface area is 196 Å². The smallest absolute Gasteiger partial charge is 0.140 e. The van der Waals surface area contributed by atoms with Crippen LogP contribution in [0.5, 0.6) is 5.75 Å². The SMILES string of the molecule is Cc1c(C(C)(C)C)ccc2[nH]c(-c3ccc(OCCCN4CCN(C)CC4)cc3Cl)nc12. The molecule has 0 unspecified atom stereocenters. The summed E-state index contributed by atoms with van der Waals surface area (Å²) in [6.07, 6.45) is 1.02. The Kier molecular flexibility index (Phi) is 6.80. The van der Waals surface area contributed by atoms with Crippen LogP contribution in [0.15, 0.2) is 30.3 Å². The number of piperazine rings is 1. The third kappa shape index (κ3) is 5.11. The van der Waals surface area contributed by atoms with Crippen molar-refractivity contribution in [3.05, 3.63) is 46.5 Å². The van der Waals surface area contributed by atoms with Crippen LogP contribution in [0.2, 0.25) is 5.02 Å². The Bertz CT molecular complexity index is 1080. The van der Waals surface area contributed by atoms with Gasteiger partial charge in [0.15, 0.2) is 0 Å². The predicted octanol–water partition coefficient (Wildman–Crippen LogP) is 5.51. The van der Waals surface area contributed by atoms with Crippen molar-refractivity contribution in [3.63, 3.8) is 0 Å². The van der Waals surface area contributed by atoms with E-state index in [0.29, 0.717) is 11.6 Å². The van der Waals surface area contributed by atoms with Crippen molar-refractivity contribution in [2.75, 3.05) is 46.4 Å². The average molecular weight is 455 g/mol. The average Bonchev–Trinajstić information content (AvgIpc) is 3.17. The topological polar surface area (TPSA) is 44.4 Å². The van der Waals surface area contributed by atoms with Crippen LogP contribution >= 0.6 is 11.6 Å². The summed E-state index contributed by atoms with van der Waals surface area (Å²) >= 11 is 6.63. The number of likely N-dealkylation sites (N-methyl/N-ethyl adjacent to an activating group) is 1. The Morgan fingerprint density at radius 2 is 1.84 bits per heavy atom.